The number of aryl methyl sites for hydroxylation is 1. The topological polar surface area (TPSA) is 117 Å². The molecule has 2 fully saturated rings. The van der Waals surface area contributed by atoms with Crippen LogP contribution in [0.25, 0.3) is 0 Å². The summed E-state index contributed by atoms with van der Waals surface area (Å²) < 4.78 is 6.07. The molecule has 0 bridgehead atoms. The third-order valence-corrected chi connectivity index (χ3v) is 7.22. The van der Waals surface area contributed by atoms with Crippen molar-refractivity contribution in [2.45, 2.75) is 37.6 Å². The first kappa shape index (κ1) is 23.0. The van der Waals surface area contributed by atoms with Crippen LogP contribution in [0.5, 0.6) is 11.6 Å². The number of carbonyl (C=O) groups excluding carboxylic acids is 3. The van der Waals surface area contributed by atoms with Gasteiger partial charge in [-0.25, -0.2) is 9.78 Å². The Bertz CT molecular complexity index is 1340. The second kappa shape index (κ2) is 9.20. The first-order valence-corrected chi connectivity index (χ1v) is 12.4. The van der Waals surface area contributed by atoms with Gasteiger partial charge >= 0.3 is 6.03 Å². The van der Waals surface area contributed by atoms with Crippen molar-refractivity contribution in [3.8, 4) is 11.6 Å². The zero-order chi connectivity index (χ0) is 25.4. The molecule has 1 spiro atoms. The smallest absolute Gasteiger partial charge is 0.328 e. The van der Waals surface area contributed by atoms with Gasteiger partial charge in [-0.05, 0) is 74.1 Å². The molecular weight excluding hydrogens is 472 g/mol. The summed E-state index contributed by atoms with van der Waals surface area (Å²) >= 11 is 0. The molecule has 3 aromatic rings. The molecular formula is C27H26N6O4. The zero-order valence-electron chi connectivity index (χ0n) is 20.1. The van der Waals surface area contributed by atoms with Crippen molar-refractivity contribution in [3.63, 3.8) is 0 Å². The SMILES string of the molecule is O=C1NC(=O)C2(CCCN2c2ccc(Oc3ccc4c(c3)CCCCN4c3cccnc3)nc2)C(=O)N1. The molecule has 37 heavy (non-hydrogen) atoms. The van der Waals surface area contributed by atoms with Gasteiger partial charge in [-0.2, -0.15) is 0 Å². The lowest BCUT2D eigenvalue weighted by atomic mass is 9.92. The number of rotatable bonds is 4. The highest BCUT2D eigenvalue weighted by Gasteiger charge is 2.57. The molecule has 6 rings (SSSR count). The van der Waals surface area contributed by atoms with Gasteiger partial charge in [-0.1, -0.05) is 0 Å². The molecule has 4 amide bonds. The number of amides is 4. The molecule has 0 saturated carbocycles. The van der Waals surface area contributed by atoms with Gasteiger partial charge in [-0.3, -0.25) is 25.2 Å². The van der Waals surface area contributed by atoms with Gasteiger partial charge in [0.05, 0.1) is 23.8 Å². The Balaban J connectivity index is 1.22. The van der Waals surface area contributed by atoms with Crippen LogP contribution in [0.4, 0.5) is 21.9 Å². The van der Waals surface area contributed by atoms with Crippen LogP contribution in [0, 0.1) is 0 Å². The summed E-state index contributed by atoms with van der Waals surface area (Å²) in [4.78, 5) is 49.7. The normalized spacial score (nSPS) is 18.8. The Labute approximate surface area is 213 Å². The summed E-state index contributed by atoms with van der Waals surface area (Å²) in [6.45, 7) is 1.43. The van der Waals surface area contributed by atoms with E-state index in [4.69, 9.17) is 4.74 Å². The van der Waals surface area contributed by atoms with Gasteiger partial charge in [0, 0.05) is 31.0 Å². The highest BCUT2D eigenvalue weighted by molar-refractivity contribution is 6.24. The minimum Gasteiger partial charge on any atom is -0.439 e. The van der Waals surface area contributed by atoms with Crippen molar-refractivity contribution >= 4 is 34.9 Å². The molecule has 0 aliphatic carbocycles. The third kappa shape index (κ3) is 4.04. The fourth-order valence-electron chi connectivity index (χ4n) is 5.48. The first-order valence-electron chi connectivity index (χ1n) is 12.4. The number of nitrogens with zero attached hydrogens (tertiary/aromatic N) is 4. The number of anilines is 3. The van der Waals surface area contributed by atoms with Crippen LogP contribution in [0.1, 0.15) is 31.2 Å². The van der Waals surface area contributed by atoms with Crippen LogP contribution >= 0.6 is 0 Å². The van der Waals surface area contributed by atoms with E-state index in [1.807, 2.05) is 18.3 Å². The summed E-state index contributed by atoms with van der Waals surface area (Å²) in [6, 6.07) is 12.8. The molecule has 0 unspecified atom stereocenters. The summed E-state index contributed by atoms with van der Waals surface area (Å²) in [7, 11) is 0. The van der Waals surface area contributed by atoms with Gasteiger partial charge < -0.3 is 14.5 Å². The first-order chi connectivity index (χ1) is 18.0. The van der Waals surface area contributed by atoms with Gasteiger partial charge in [0.25, 0.3) is 11.8 Å². The molecule has 2 aromatic heterocycles. The second-order valence-corrected chi connectivity index (χ2v) is 9.42. The lowest BCUT2D eigenvalue weighted by Gasteiger charge is -2.38. The standard InChI is InChI=1S/C27H26N6O4/c34-24-27(25(35)31-26(36)30-24)11-4-14-33(27)20-7-10-23(29-17-20)37-21-8-9-22-18(15-21)5-1-2-13-32(22)19-6-3-12-28-16-19/h3,6-10,12,15-17H,1-2,4-5,11,13-14H2,(H2,30,31,34,35,36). The third-order valence-electron chi connectivity index (χ3n) is 7.22. The Hall–Kier alpha value is -4.47. The predicted molar refractivity (Wildman–Crippen MR) is 136 cm³/mol. The number of pyridine rings is 2. The van der Waals surface area contributed by atoms with Gasteiger partial charge in [0.2, 0.25) is 5.88 Å². The molecule has 0 atom stereocenters. The molecule has 5 heterocycles. The number of aromatic nitrogens is 2. The van der Waals surface area contributed by atoms with Crippen LogP contribution in [-0.4, -0.2) is 46.4 Å². The lowest BCUT2D eigenvalue weighted by Crippen LogP contribution is -2.71. The maximum Gasteiger partial charge on any atom is 0.328 e. The number of nitrogens with one attached hydrogen (secondary N) is 2. The number of hydrogen-bond donors (Lipinski definition) is 2. The quantitative estimate of drug-likeness (QED) is 0.526. The van der Waals surface area contributed by atoms with Crippen molar-refractivity contribution in [2.24, 2.45) is 0 Å². The number of imide groups is 2. The van der Waals surface area contributed by atoms with Crippen molar-refractivity contribution < 1.29 is 19.1 Å². The average molecular weight is 499 g/mol. The van der Waals surface area contributed by atoms with Crippen molar-refractivity contribution in [3.05, 3.63) is 66.6 Å². The zero-order valence-corrected chi connectivity index (χ0v) is 20.1. The number of ether oxygens (including phenoxy) is 1. The summed E-state index contributed by atoms with van der Waals surface area (Å²) in [5.41, 5.74) is 2.59. The Morgan fingerprint density at radius 2 is 1.76 bits per heavy atom. The van der Waals surface area contributed by atoms with Crippen LogP contribution in [0.15, 0.2) is 61.1 Å². The van der Waals surface area contributed by atoms with E-state index in [0.717, 1.165) is 37.2 Å². The number of carbonyl (C=O) groups is 3. The number of benzene rings is 1. The van der Waals surface area contributed by atoms with Crippen LogP contribution in [0.3, 0.4) is 0 Å². The molecule has 188 valence electrons. The molecule has 0 radical (unpaired) electrons. The van der Waals surface area contributed by atoms with E-state index in [9.17, 15) is 14.4 Å². The van der Waals surface area contributed by atoms with Crippen molar-refractivity contribution in [2.75, 3.05) is 22.9 Å². The number of urea groups is 1. The highest BCUT2D eigenvalue weighted by atomic mass is 16.5. The van der Waals surface area contributed by atoms with Crippen LogP contribution in [-0.2, 0) is 16.0 Å². The van der Waals surface area contributed by atoms with Gasteiger partial charge in [0.1, 0.15) is 5.75 Å². The fourth-order valence-corrected chi connectivity index (χ4v) is 5.48. The van der Waals surface area contributed by atoms with Crippen LogP contribution in [0.2, 0.25) is 0 Å². The Morgan fingerprint density at radius 3 is 2.51 bits per heavy atom. The number of barbiturate groups is 1. The number of hydrogen-bond acceptors (Lipinski definition) is 8. The van der Waals surface area contributed by atoms with E-state index in [1.165, 1.54) is 5.56 Å². The largest absolute Gasteiger partial charge is 0.439 e. The average Bonchev–Trinajstić information content (AvgIpc) is 3.25. The van der Waals surface area contributed by atoms with Crippen molar-refractivity contribution in [1.82, 2.24) is 20.6 Å². The van der Waals surface area contributed by atoms with Gasteiger partial charge in [-0.15, -0.1) is 0 Å². The van der Waals surface area contributed by atoms with Crippen molar-refractivity contribution in [1.29, 1.82) is 0 Å². The van der Waals surface area contributed by atoms with E-state index >= 15 is 0 Å². The minimum atomic E-state index is -1.45. The minimum absolute atomic E-state index is 0.321. The molecule has 2 saturated heterocycles. The maximum absolute atomic E-state index is 12.7. The summed E-state index contributed by atoms with van der Waals surface area (Å²) in [5.74, 6) is -0.120. The maximum atomic E-state index is 12.7. The summed E-state index contributed by atoms with van der Waals surface area (Å²) in [5, 5.41) is 4.45. The van der Waals surface area contributed by atoms with E-state index in [1.54, 1.807) is 29.4 Å². The van der Waals surface area contributed by atoms with E-state index in [2.05, 4.69) is 43.7 Å². The summed E-state index contributed by atoms with van der Waals surface area (Å²) in [6.07, 6.45) is 9.34. The lowest BCUT2D eigenvalue weighted by molar-refractivity contribution is -0.137. The molecule has 10 nitrogen and oxygen atoms in total. The second-order valence-electron chi connectivity index (χ2n) is 9.42. The highest BCUT2D eigenvalue weighted by Crippen LogP contribution is 2.38. The van der Waals surface area contributed by atoms with E-state index in [0.29, 0.717) is 36.7 Å². The van der Waals surface area contributed by atoms with E-state index in [-0.39, 0.29) is 0 Å². The number of fused-ring (bicyclic) bond motifs is 1. The Morgan fingerprint density at radius 1 is 0.892 bits per heavy atom. The molecule has 10 heteroatoms. The van der Waals surface area contributed by atoms with Crippen LogP contribution < -0.4 is 25.2 Å². The monoisotopic (exact) mass is 498 g/mol. The molecule has 3 aliphatic heterocycles. The molecule has 1 aromatic carbocycles. The Kier molecular flexibility index (Phi) is 5.71. The molecule has 2 N–H and O–H groups in total. The predicted octanol–water partition coefficient (Wildman–Crippen LogP) is 3.45. The van der Waals surface area contributed by atoms with Gasteiger partial charge in [0.15, 0.2) is 5.54 Å². The van der Waals surface area contributed by atoms with E-state index < -0.39 is 23.4 Å². The molecule has 3 aliphatic rings. The fraction of sp³-hybridized carbons (Fsp3) is 0.296.